The van der Waals surface area contributed by atoms with E-state index in [1.54, 1.807) is 10.6 Å². The van der Waals surface area contributed by atoms with Gasteiger partial charge in [-0.15, -0.1) is 0 Å². The van der Waals surface area contributed by atoms with Gasteiger partial charge >= 0.3 is 5.97 Å². The summed E-state index contributed by atoms with van der Waals surface area (Å²) in [5.41, 5.74) is 2.06. The van der Waals surface area contributed by atoms with E-state index in [9.17, 15) is 14.0 Å². The molecule has 0 N–H and O–H groups in total. The number of esters is 1. The Balaban J connectivity index is 1.05. The minimum atomic E-state index is -0.447. The molecule has 0 bridgehead atoms. The predicted octanol–water partition coefficient (Wildman–Crippen LogP) is 8.33. The number of likely N-dealkylation sites (tertiary alicyclic amines) is 1. The number of benzene rings is 1. The van der Waals surface area contributed by atoms with Crippen LogP contribution in [0.3, 0.4) is 0 Å². The van der Waals surface area contributed by atoms with Gasteiger partial charge < -0.3 is 14.2 Å². The maximum Gasteiger partial charge on any atom is 0.306 e. The average molecular weight is 637 g/mol. The number of unbranched alkanes of at least 4 members (excludes halogenated alkanes) is 10. The first-order chi connectivity index (χ1) is 22.4. The summed E-state index contributed by atoms with van der Waals surface area (Å²) < 4.78 is 26.8. The number of nitrogens with zero attached hydrogens (tertiary/aromatic N) is 4. The van der Waals surface area contributed by atoms with E-state index in [0.29, 0.717) is 37.1 Å². The van der Waals surface area contributed by atoms with Crippen molar-refractivity contribution in [1.29, 1.82) is 0 Å². The SMILES string of the molecule is CCCCCCCCCCCCCC(=O)OC1CCCn2c1nc(C)c(CCN1CCC(c3onc4cc(F)ccc34)CC1)c2=O. The number of carbonyl (C=O) groups is 1. The highest BCUT2D eigenvalue weighted by Crippen LogP contribution is 2.33. The fourth-order valence-electron chi connectivity index (χ4n) is 7.22. The predicted molar refractivity (Wildman–Crippen MR) is 178 cm³/mol. The lowest BCUT2D eigenvalue weighted by atomic mass is 9.92. The third-order valence-electron chi connectivity index (χ3n) is 10.00. The van der Waals surface area contributed by atoms with Gasteiger partial charge in [0.2, 0.25) is 0 Å². The van der Waals surface area contributed by atoms with Crippen LogP contribution in [0.1, 0.15) is 145 Å². The molecule has 4 heterocycles. The number of halogens is 1. The zero-order chi connectivity index (χ0) is 32.3. The third kappa shape index (κ3) is 9.05. The van der Waals surface area contributed by atoms with Crippen LogP contribution in [-0.2, 0) is 22.5 Å². The molecular formula is C37H53FN4O4. The first-order valence-electron chi connectivity index (χ1n) is 18.0. The van der Waals surface area contributed by atoms with Gasteiger partial charge in [-0.3, -0.25) is 14.2 Å². The topological polar surface area (TPSA) is 90.5 Å². The van der Waals surface area contributed by atoms with Crippen LogP contribution in [-0.4, -0.2) is 45.2 Å². The molecule has 1 atom stereocenters. The Morgan fingerprint density at radius 1 is 0.978 bits per heavy atom. The summed E-state index contributed by atoms with van der Waals surface area (Å²) in [5, 5.41) is 4.95. The molecule has 2 aliphatic rings. The Bertz CT molecular complexity index is 1480. The number of aromatic nitrogens is 3. The van der Waals surface area contributed by atoms with Gasteiger partial charge in [-0.2, -0.15) is 0 Å². The lowest BCUT2D eigenvalue weighted by Crippen LogP contribution is -2.38. The molecule has 5 rings (SSSR count). The molecule has 3 aromatic rings. The van der Waals surface area contributed by atoms with Crippen molar-refractivity contribution in [3.63, 3.8) is 0 Å². The highest BCUT2D eigenvalue weighted by Gasteiger charge is 2.29. The highest BCUT2D eigenvalue weighted by molar-refractivity contribution is 5.80. The van der Waals surface area contributed by atoms with Crippen molar-refractivity contribution in [2.45, 2.75) is 142 Å². The van der Waals surface area contributed by atoms with E-state index in [-0.39, 0.29) is 23.3 Å². The molecule has 9 heteroatoms. The van der Waals surface area contributed by atoms with Crippen molar-refractivity contribution in [3.05, 3.63) is 57.2 Å². The first kappa shape index (κ1) is 34.3. The van der Waals surface area contributed by atoms with Crippen LogP contribution in [0.15, 0.2) is 27.5 Å². The van der Waals surface area contributed by atoms with Crippen LogP contribution in [0, 0.1) is 12.7 Å². The molecule has 8 nitrogen and oxygen atoms in total. The summed E-state index contributed by atoms with van der Waals surface area (Å²) in [5.74, 6) is 1.20. The van der Waals surface area contributed by atoms with Crippen molar-refractivity contribution >= 4 is 16.9 Å². The summed E-state index contributed by atoms with van der Waals surface area (Å²) >= 11 is 0. The van der Waals surface area contributed by atoms with E-state index in [4.69, 9.17) is 14.2 Å². The second kappa shape index (κ2) is 17.2. The number of ether oxygens (including phenoxy) is 1. The summed E-state index contributed by atoms with van der Waals surface area (Å²) in [7, 11) is 0. The fraction of sp³-hybridized carbons (Fsp3) is 0.676. The summed E-state index contributed by atoms with van der Waals surface area (Å²) in [4.78, 5) is 33.5. The van der Waals surface area contributed by atoms with E-state index in [1.807, 2.05) is 6.92 Å². The lowest BCUT2D eigenvalue weighted by Gasteiger charge is -2.31. The van der Waals surface area contributed by atoms with Crippen LogP contribution >= 0.6 is 0 Å². The minimum absolute atomic E-state index is 0.00357. The molecule has 46 heavy (non-hydrogen) atoms. The molecule has 1 unspecified atom stereocenters. The van der Waals surface area contributed by atoms with E-state index in [0.717, 1.165) is 74.1 Å². The van der Waals surface area contributed by atoms with Crippen LogP contribution in [0.2, 0.25) is 0 Å². The Morgan fingerprint density at radius 3 is 2.39 bits per heavy atom. The largest absolute Gasteiger partial charge is 0.454 e. The Hall–Kier alpha value is -3.07. The smallest absolute Gasteiger partial charge is 0.306 e. The molecule has 0 radical (unpaired) electrons. The van der Waals surface area contributed by atoms with Crippen molar-refractivity contribution in [1.82, 2.24) is 19.6 Å². The number of hydrogen-bond acceptors (Lipinski definition) is 7. The third-order valence-corrected chi connectivity index (χ3v) is 10.00. The maximum atomic E-state index is 13.6. The number of rotatable bonds is 17. The molecule has 0 spiro atoms. The van der Waals surface area contributed by atoms with Crippen molar-refractivity contribution < 1.29 is 18.4 Å². The molecule has 1 aromatic carbocycles. The Kier molecular flexibility index (Phi) is 12.8. The minimum Gasteiger partial charge on any atom is -0.454 e. The van der Waals surface area contributed by atoms with Gasteiger partial charge in [-0.25, -0.2) is 9.37 Å². The number of fused-ring (bicyclic) bond motifs is 2. The second-order valence-electron chi connectivity index (χ2n) is 13.5. The van der Waals surface area contributed by atoms with Gasteiger partial charge in [0.25, 0.3) is 5.56 Å². The second-order valence-corrected chi connectivity index (χ2v) is 13.5. The molecule has 0 amide bonds. The van der Waals surface area contributed by atoms with E-state index < -0.39 is 6.10 Å². The Morgan fingerprint density at radius 2 is 1.67 bits per heavy atom. The molecule has 0 saturated carbocycles. The number of aryl methyl sites for hydroxylation is 1. The van der Waals surface area contributed by atoms with Gasteiger partial charge in [-0.05, 0) is 70.7 Å². The van der Waals surface area contributed by atoms with Gasteiger partial charge in [0.15, 0.2) is 11.9 Å². The van der Waals surface area contributed by atoms with Crippen molar-refractivity contribution in [3.8, 4) is 0 Å². The van der Waals surface area contributed by atoms with Gasteiger partial charge in [0.05, 0.1) is 0 Å². The monoisotopic (exact) mass is 636 g/mol. The summed E-state index contributed by atoms with van der Waals surface area (Å²) in [6.45, 7) is 7.34. The molecule has 1 fully saturated rings. The molecule has 252 valence electrons. The highest BCUT2D eigenvalue weighted by atomic mass is 19.1. The fourth-order valence-corrected chi connectivity index (χ4v) is 7.22. The molecule has 2 aliphatic heterocycles. The van der Waals surface area contributed by atoms with Crippen molar-refractivity contribution in [2.24, 2.45) is 0 Å². The average Bonchev–Trinajstić information content (AvgIpc) is 3.47. The van der Waals surface area contributed by atoms with Gasteiger partial charge in [0.1, 0.15) is 17.1 Å². The summed E-state index contributed by atoms with van der Waals surface area (Å²) in [6.07, 6.45) is 17.6. The quantitative estimate of drug-likeness (QED) is 0.109. The molecule has 1 saturated heterocycles. The van der Waals surface area contributed by atoms with Crippen molar-refractivity contribution in [2.75, 3.05) is 19.6 Å². The maximum absolute atomic E-state index is 13.6. The van der Waals surface area contributed by atoms with Crippen LogP contribution in [0.25, 0.3) is 10.9 Å². The lowest BCUT2D eigenvalue weighted by molar-refractivity contribution is -0.151. The zero-order valence-corrected chi connectivity index (χ0v) is 28.0. The normalized spacial score (nSPS) is 17.4. The molecule has 2 aromatic heterocycles. The molecular weight excluding hydrogens is 583 g/mol. The number of hydrogen-bond donors (Lipinski definition) is 0. The van der Waals surface area contributed by atoms with E-state index >= 15 is 0 Å². The standard InChI is InChI=1S/C37H53FN4O4/c1-3-4-5-6-7-8-9-10-11-12-13-16-34(43)45-33-15-14-22-42-36(33)39-27(2)30(37(42)44)21-25-41-23-19-28(20-24-41)35-31-18-17-29(38)26-32(31)40-46-35/h17-18,26,28,33H,3-16,19-25H2,1-2H3. The van der Waals surface area contributed by atoms with Gasteiger partial charge in [0, 0.05) is 48.1 Å². The van der Waals surface area contributed by atoms with Crippen LogP contribution in [0.4, 0.5) is 4.39 Å². The van der Waals surface area contributed by atoms with Crippen LogP contribution < -0.4 is 5.56 Å². The molecule has 0 aliphatic carbocycles. The van der Waals surface area contributed by atoms with E-state index in [2.05, 4.69) is 17.0 Å². The number of carbonyl (C=O) groups excluding carboxylic acids is 1. The zero-order valence-electron chi connectivity index (χ0n) is 28.0. The Labute approximate surface area is 273 Å². The van der Waals surface area contributed by atoms with Crippen LogP contribution in [0.5, 0.6) is 0 Å². The summed E-state index contributed by atoms with van der Waals surface area (Å²) in [6, 6.07) is 4.63. The van der Waals surface area contributed by atoms with E-state index in [1.165, 1.54) is 69.9 Å². The number of piperidine rings is 1. The van der Waals surface area contributed by atoms with Gasteiger partial charge in [-0.1, -0.05) is 76.3 Å². The first-order valence-corrected chi connectivity index (χ1v) is 18.0.